The molecule has 0 N–H and O–H groups in total. The number of fused-ring (bicyclic) bond motifs is 28. The summed E-state index contributed by atoms with van der Waals surface area (Å²) in [6.07, 6.45) is 12.2. The molecule has 784 valence electrons. The standard InChI is InChI=1S/C21H23NO5.2C21H25NO2.3C20H21NO4/c1-23-19-8-13-6-16-14-9-18-17(26-11-27-18)7-12(14)4-5-22(16)10-15(13)20(24-2)21(19)25-3;2*1-13-7-14(2)18-12-22-6-5-15-10-20(23-3)21(24-4)11-17(15)19(22)9-16(18)8-13;1-22-17-7-13-5-16-15-9-20-19(24-11-25-20)6-12(15)3-4-21(16)10-14(13)8-18(17)23-2;1-22-17-6-12-3-4-21-10-14-8-20-19(24-11-25-20)7-13(14)5-16(21)15(12)9-18(17)23-2;1-22-17-3-4-18(23-2)15-10-21-6-5-12-7-19-20(25-11-24-19)9-13(12)16(21)8-14(15)17/h7-9,16H,4-6,10-11H2,1-3H3;2*7-8,10-11,19H,5-6,9,12H2,1-4H3;2*6-9,16H,3-5,10-11H2,1-2H3;3-4,7,9,16H,5-6,8,10-11H2,1-2H3/t16-;19-;;16-;;16-/m00.0.0/s1. The van der Waals surface area contributed by atoms with Crippen LogP contribution in [0.3, 0.4) is 0 Å². The van der Waals surface area contributed by atoms with Gasteiger partial charge in [0.05, 0.1) is 92.4 Å². The van der Waals surface area contributed by atoms with Crippen molar-refractivity contribution >= 4 is 0 Å². The Bertz CT molecular complexity index is 7090. The SMILES string of the molecule is COc1cc2c(c(OC)c1OC)CN1CCc3cc4c(cc3[C@@H]1C2)OCO4.COc1cc2c(cc1OC)C1Cc3cc(C)cc(C)c3CN1CC2.COc1cc2c(cc1OC)C1Cc3cc4c(cc3CN1CC2)OCO4.COc1cc2c(cc1OC)CN1CCc3cc4c(cc3[C@@H]1C2)OCO4.COc1cc2c(cc1OC)[C@@H]1Cc3cc(C)cc(C)c3CN1CC2.COc1ccc(OC)c2c1C[C@H]1c3cc4c(cc3CCN1C2)OCO4. The molecule has 150 heavy (non-hydrogen) atoms. The van der Waals surface area contributed by atoms with Crippen molar-refractivity contribution in [3.8, 4) is 121 Å². The minimum absolute atomic E-state index is 0.309. The fourth-order valence-corrected chi connectivity index (χ4v) is 26.4. The van der Waals surface area contributed by atoms with Gasteiger partial charge in [0.25, 0.3) is 0 Å². The molecule has 0 radical (unpaired) electrons. The molecule has 0 amide bonds. The minimum atomic E-state index is 0.309. The summed E-state index contributed by atoms with van der Waals surface area (Å²) in [7, 11) is 22.1. The molecule has 12 aromatic carbocycles. The summed E-state index contributed by atoms with van der Waals surface area (Å²) in [5.74, 6) is 17.6. The molecule has 28 rings (SSSR count). The van der Waals surface area contributed by atoms with Gasteiger partial charge in [-0.05, 0) is 348 Å². The zero-order chi connectivity index (χ0) is 103. The van der Waals surface area contributed by atoms with E-state index in [4.69, 9.17) is 99.5 Å². The van der Waals surface area contributed by atoms with Crippen molar-refractivity contribution in [3.63, 3.8) is 0 Å². The smallest absolute Gasteiger partial charge is 0.231 e. The molecule has 16 aliphatic heterocycles. The van der Waals surface area contributed by atoms with Crippen LogP contribution in [0.2, 0.25) is 0 Å². The Balaban J connectivity index is 0.0000000987. The summed E-state index contributed by atoms with van der Waals surface area (Å²) < 4.78 is 117. The van der Waals surface area contributed by atoms with Gasteiger partial charge in [0, 0.05) is 131 Å². The second kappa shape index (κ2) is 41.9. The van der Waals surface area contributed by atoms with Crippen molar-refractivity contribution in [2.75, 3.05) is 159 Å². The lowest BCUT2D eigenvalue weighted by Crippen LogP contribution is -2.39. The first-order valence-corrected chi connectivity index (χ1v) is 52.6. The van der Waals surface area contributed by atoms with Crippen molar-refractivity contribution in [2.24, 2.45) is 0 Å². The van der Waals surface area contributed by atoms with E-state index in [9.17, 15) is 0 Å². The highest BCUT2D eigenvalue weighted by Gasteiger charge is 2.44. The second-order valence-corrected chi connectivity index (χ2v) is 41.7. The van der Waals surface area contributed by atoms with Crippen LogP contribution in [0.1, 0.15) is 192 Å². The lowest BCUT2D eigenvalue weighted by atomic mass is 9.82. The Kier molecular flexibility index (Phi) is 27.8. The first-order chi connectivity index (χ1) is 73.2. The maximum absolute atomic E-state index is 5.72. The van der Waals surface area contributed by atoms with Gasteiger partial charge < -0.3 is 99.5 Å². The van der Waals surface area contributed by atoms with Crippen LogP contribution in [0.15, 0.2) is 140 Å². The first-order valence-electron chi connectivity index (χ1n) is 52.6. The number of methoxy groups -OCH3 is 13. The molecule has 12 aromatic rings. The maximum Gasteiger partial charge on any atom is 0.231 e. The van der Waals surface area contributed by atoms with E-state index in [1.165, 1.54) is 156 Å². The van der Waals surface area contributed by atoms with E-state index in [-0.39, 0.29) is 0 Å². The monoisotopic (exact) mass is 2030 g/mol. The van der Waals surface area contributed by atoms with Crippen molar-refractivity contribution in [1.29, 1.82) is 0 Å². The number of rotatable bonds is 13. The van der Waals surface area contributed by atoms with Gasteiger partial charge in [-0.1, -0.05) is 35.4 Å². The van der Waals surface area contributed by atoms with Crippen LogP contribution in [0.25, 0.3) is 0 Å². The minimum Gasteiger partial charge on any atom is -0.496 e. The third-order valence-electron chi connectivity index (χ3n) is 33.9. The van der Waals surface area contributed by atoms with Gasteiger partial charge in [-0.3, -0.25) is 29.4 Å². The van der Waals surface area contributed by atoms with Crippen molar-refractivity contribution < 1.29 is 99.5 Å². The largest absolute Gasteiger partial charge is 0.496 e. The van der Waals surface area contributed by atoms with E-state index in [0.29, 0.717) is 74.9 Å². The normalized spacial score (nSPS) is 20.0. The van der Waals surface area contributed by atoms with Crippen molar-refractivity contribution in [3.05, 3.63) is 295 Å². The molecular weight excluding hydrogens is 1900 g/mol. The highest BCUT2D eigenvalue weighted by molar-refractivity contribution is 5.64. The highest BCUT2D eigenvalue weighted by atomic mass is 16.7. The van der Waals surface area contributed by atoms with Gasteiger partial charge in [-0.15, -0.1) is 0 Å². The predicted octanol–water partition coefficient (Wildman–Crippen LogP) is 20.3. The quantitative estimate of drug-likeness (QED) is 0.105. The van der Waals surface area contributed by atoms with Gasteiger partial charge in [0.1, 0.15) is 11.5 Å². The summed E-state index contributed by atoms with van der Waals surface area (Å²) in [5, 5.41) is 0. The molecule has 0 aliphatic carbocycles. The molecule has 0 saturated carbocycles. The van der Waals surface area contributed by atoms with Gasteiger partial charge in [-0.25, -0.2) is 0 Å². The third-order valence-corrected chi connectivity index (χ3v) is 33.9. The molecule has 0 fully saturated rings. The third kappa shape index (κ3) is 18.5. The zero-order valence-electron chi connectivity index (χ0n) is 89.3. The molecule has 16 heterocycles. The van der Waals surface area contributed by atoms with Gasteiger partial charge in [0.2, 0.25) is 32.9 Å². The van der Waals surface area contributed by atoms with E-state index in [1.54, 1.807) is 92.4 Å². The van der Waals surface area contributed by atoms with E-state index < -0.39 is 0 Å². The number of hydrogen-bond acceptors (Lipinski definition) is 27. The van der Waals surface area contributed by atoms with Crippen LogP contribution in [0.4, 0.5) is 0 Å². The van der Waals surface area contributed by atoms with Gasteiger partial charge in [-0.2, -0.15) is 0 Å². The molecule has 27 heteroatoms. The number of ether oxygens (including phenoxy) is 21. The summed E-state index contributed by atoms with van der Waals surface area (Å²) in [4.78, 5) is 15.4. The van der Waals surface area contributed by atoms with E-state index in [2.05, 4.69) is 184 Å². The molecule has 2 unspecified atom stereocenters. The Morgan fingerprint density at radius 3 is 0.780 bits per heavy atom. The average Bonchev–Trinajstić information content (AvgIpc) is 1.00. The van der Waals surface area contributed by atoms with E-state index >= 15 is 0 Å². The molecular formula is C123H136N6O21. The number of aryl methyl sites for hydroxylation is 4. The zero-order valence-corrected chi connectivity index (χ0v) is 89.3. The van der Waals surface area contributed by atoms with Crippen molar-refractivity contribution in [2.45, 2.75) is 180 Å². The molecule has 16 aliphatic rings. The Morgan fingerprint density at radius 1 is 0.193 bits per heavy atom. The summed E-state index contributed by atoms with van der Waals surface area (Å²) in [6, 6.07) is 52.4. The van der Waals surface area contributed by atoms with Gasteiger partial charge in [0.15, 0.2) is 103 Å². The molecule has 27 nitrogen and oxygen atoms in total. The Morgan fingerprint density at radius 2 is 0.433 bits per heavy atom. The molecule has 0 bridgehead atoms. The maximum atomic E-state index is 5.72. The van der Waals surface area contributed by atoms with Crippen LogP contribution in [0, 0.1) is 27.7 Å². The van der Waals surface area contributed by atoms with Crippen LogP contribution in [-0.2, 0) is 116 Å². The Labute approximate surface area is 879 Å². The van der Waals surface area contributed by atoms with Crippen LogP contribution >= 0.6 is 0 Å². The fraction of sp³-hybridized carbons (Fsp3) is 0.415. The van der Waals surface area contributed by atoms with Gasteiger partial charge >= 0.3 is 0 Å². The number of hydrogen-bond donors (Lipinski definition) is 0. The number of benzene rings is 12. The molecule has 0 aromatic heterocycles. The topological polar surface area (TPSA) is 213 Å². The first kappa shape index (κ1) is 99.5. The summed E-state index contributed by atoms with van der Waals surface area (Å²) in [5.41, 5.74) is 38.5. The van der Waals surface area contributed by atoms with E-state index in [0.717, 1.165) is 265 Å². The lowest BCUT2D eigenvalue weighted by Gasteiger charge is -2.42. The van der Waals surface area contributed by atoms with Crippen LogP contribution < -0.4 is 99.5 Å². The molecule has 0 saturated heterocycles. The second-order valence-electron chi connectivity index (χ2n) is 41.7. The van der Waals surface area contributed by atoms with Crippen LogP contribution in [0.5, 0.6) is 121 Å². The van der Waals surface area contributed by atoms with Crippen molar-refractivity contribution in [1.82, 2.24) is 29.4 Å². The molecule has 0 spiro atoms. The molecule has 6 atom stereocenters. The summed E-state index contributed by atoms with van der Waals surface area (Å²) in [6.45, 7) is 22.3. The van der Waals surface area contributed by atoms with Crippen LogP contribution in [-0.4, -0.2) is 188 Å². The number of nitrogens with zero attached hydrogens (tertiary/aromatic N) is 6. The predicted molar refractivity (Wildman–Crippen MR) is 569 cm³/mol. The summed E-state index contributed by atoms with van der Waals surface area (Å²) >= 11 is 0. The highest BCUT2D eigenvalue weighted by Crippen LogP contribution is 2.56. The van der Waals surface area contributed by atoms with E-state index in [1.807, 2.05) is 12.1 Å². The fourth-order valence-electron chi connectivity index (χ4n) is 26.4. The Hall–Kier alpha value is -13.8. The average molecular weight is 2030 g/mol. The lowest BCUT2D eigenvalue weighted by molar-refractivity contribution is 0.156.